The van der Waals surface area contributed by atoms with Gasteiger partial charge < -0.3 is 10.2 Å². The molecule has 2 nitrogen and oxygen atoms in total. The van der Waals surface area contributed by atoms with Gasteiger partial charge in [-0.15, -0.1) is 0 Å². The smallest absolute Gasteiger partial charge is 0.123 e. The number of hydrogen-bond donors (Lipinski definition) is 1. The van der Waals surface area contributed by atoms with E-state index in [1.165, 1.54) is 6.42 Å². The first-order valence-electron chi connectivity index (χ1n) is 7.36. The Morgan fingerprint density at radius 3 is 2.58 bits per heavy atom. The van der Waals surface area contributed by atoms with E-state index in [-0.39, 0.29) is 5.82 Å². The molecule has 3 heteroatoms. The SMILES string of the molecule is CCNCc1cc(F)ccc1N(CC)CC(C)CC. The molecule has 0 aromatic heterocycles. The van der Waals surface area contributed by atoms with Crippen molar-refractivity contribution in [1.82, 2.24) is 5.32 Å². The Kier molecular flexibility index (Phi) is 6.85. The lowest BCUT2D eigenvalue weighted by molar-refractivity contribution is 0.546. The van der Waals surface area contributed by atoms with Gasteiger partial charge in [-0.2, -0.15) is 0 Å². The molecule has 0 fully saturated rings. The van der Waals surface area contributed by atoms with Crippen molar-refractivity contribution in [3.05, 3.63) is 29.6 Å². The third kappa shape index (κ3) is 4.83. The second-order valence-electron chi connectivity index (χ2n) is 5.11. The molecule has 0 spiro atoms. The topological polar surface area (TPSA) is 15.3 Å². The Labute approximate surface area is 117 Å². The summed E-state index contributed by atoms with van der Waals surface area (Å²) in [5.41, 5.74) is 2.21. The van der Waals surface area contributed by atoms with Crippen molar-refractivity contribution in [2.75, 3.05) is 24.5 Å². The third-order valence-corrected chi connectivity index (χ3v) is 3.56. The Morgan fingerprint density at radius 1 is 1.26 bits per heavy atom. The number of rotatable bonds is 8. The van der Waals surface area contributed by atoms with Gasteiger partial charge >= 0.3 is 0 Å². The van der Waals surface area contributed by atoms with Crippen LogP contribution >= 0.6 is 0 Å². The Hall–Kier alpha value is -1.09. The van der Waals surface area contributed by atoms with E-state index in [1.807, 2.05) is 6.07 Å². The van der Waals surface area contributed by atoms with Crippen molar-refractivity contribution in [1.29, 1.82) is 0 Å². The molecule has 1 aromatic carbocycles. The highest BCUT2D eigenvalue weighted by molar-refractivity contribution is 5.53. The largest absolute Gasteiger partial charge is 0.371 e. The number of benzene rings is 1. The molecule has 0 amide bonds. The number of nitrogens with zero attached hydrogens (tertiary/aromatic N) is 1. The summed E-state index contributed by atoms with van der Waals surface area (Å²) < 4.78 is 13.4. The molecular weight excluding hydrogens is 239 g/mol. The normalized spacial score (nSPS) is 12.5. The molecule has 1 atom stereocenters. The maximum atomic E-state index is 13.4. The second kappa shape index (κ2) is 8.16. The average molecular weight is 266 g/mol. The highest BCUT2D eigenvalue weighted by Gasteiger charge is 2.13. The lowest BCUT2D eigenvalue weighted by Gasteiger charge is -2.28. The van der Waals surface area contributed by atoms with Crippen molar-refractivity contribution >= 4 is 5.69 Å². The predicted molar refractivity (Wildman–Crippen MR) is 81.1 cm³/mol. The molecule has 0 aliphatic rings. The molecule has 1 N–H and O–H groups in total. The maximum absolute atomic E-state index is 13.4. The van der Waals surface area contributed by atoms with Crippen LogP contribution in [0.3, 0.4) is 0 Å². The van der Waals surface area contributed by atoms with Crippen LogP contribution in [0, 0.1) is 11.7 Å². The Balaban J connectivity index is 2.94. The number of nitrogens with one attached hydrogen (secondary N) is 1. The van der Waals surface area contributed by atoms with E-state index in [4.69, 9.17) is 0 Å². The zero-order chi connectivity index (χ0) is 14.3. The average Bonchev–Trinajstić information content (AvgIpc) is 2.42. The van der Waals surface area contributed by atoms with Crippen LogP contribution in [0.1, 0.15) is 39.7 Å². The predicted octanol–water partition coefficient (Wildman–Crippen LogP) is 3.81. The molecule has 0 saturated heterocycles. The van der Waals surface area contributed by atoms with Gasteiger partial charge in [0.1, 0.15) is 5.82 Å². The van der Waals surface area contributed by atoms with Gasteiger partial charge in [0, 0.05) is 25.3 Å². The highest BCUT2D eigenvalue weighted by atomic mass is 19.1. The van der Waals surface area contributed by atoms with Crippen LogP contribution in [-0.2, 0) is 6.54 Å². The summed E-state index contributed by atoms with van der Waals surface area (Å²) in [6.07, 6.45) is 1.17. The number of anilines is 1. The van der Waals surface area contributed by atoms with E-state index in [0.29, 0.717) is 5.92 Å². The van der Waals surface area contributed by atoms with Gasteiger partial charge in [-0.25, -0.2) is 4.39 Å². The molecule has 0 aliphatic heterocycles. The van der Waals surface area contributed by atoms with Gasteiger partial charge in [0.15, 0.2) is 0 Å². The van der Waals surface area contributed by atoms with Gasteiger partial charge in [-0.1, -0.05) is 27.2 Å². The number of halogens is 1. The van der Waals surface area contributed by atoms with Gasteiger partial charge in [0.05, 0.1) is 0 Å². The fourth-order valence-corrected chi connectivity index (χ4v) is 2.17. The fraction of sp³-hybridized carbons (Fsp3) is 0.625. The Morgan fingerprint density at radius 2 is 2.00 bits per heavy atom. The molecule has 19 heavy (non-hydrogen) atoms. The first kappa shape index (κ1) is 16.0. The quantitative estimate of drug-likeness (QED) is 0.769. The van der Waals surface area contributed by atoms with E-state index in [2.05, 4.69) is 37.9 Å². The molecule has 0 bridgehead atoms. The molecule has 0 radical (unpaired) electrons. The van der Waals surface area contributed by atoms with Crippen LogP contribution in [0.15, 0.2) is 18.2 Å². The summed E-state index contributed by atoms with van der Waals surface area (Å²) in [4.78, 5) is 2.35. The third-order valence-electron chi connectivity index (χ3n) is 3.56. The summed E-state index contributed by atoms with van der Waals surface area (Å²) in [6, 6.07) is 5.12. The maximum Gasteiger partial charge on any atom is 0.123 e. The molecule has 1 unspecified atom stereocenters. The van der Waals surface area contributed by atoms with E-state index in [9.17, 15) is 4.39 Å². The van der Waals surface area contributed by atoms with E-state index in [0.717, 1.165) is 37.4 Å². The van der Waals surface area contributed by atoms with Crippen LogP contribution in [0.4, 0.5) is 10.1 Å². The Bertz CT molecular complexity index is 379. The zero-order valence-electron chi connectivity index (χ0n) is 12.7. The molecule has 0 heterocycles. The molecule has 1 rings (SSSR count). The monoisotopic (exact) mass is 266 g/mol. The van der Waals surface area contributed by atoms with E-state index < -0.39 is 0 Å². The minimum absolute atomic E-state index is 0.156. The van der Waals surface area contributed by atoms with Crippen LogP contribution in [-0.4, -0.2) is 19.6 Å². The first-order valence-corrected chi connectivity index (χ1v) is 7.36. The lowest BCUT2D eigenvalue weighted by Crippen LogP contribution is -2.29. The van der Waals surface area contributed by atoms with Crippen LogP contribution in [0.25, 0.3) is 0 Å². The summed E-state index contributed by atoms with van der Waals surface area (Å²) in [5, 5.41) is 3.29. The molecule has 1 aromatic rings. The van der Waals surface area contributed by atoms with E-state index in [1.54, 1.807) is 12.1 Å². The van der Waals surface area contributed by atoms with Gasteiger partial charge in [0.25, 0.3) is 0 Å². The number of hydrogen-bond acceptors (Lipinski definition) is 2. The van der Waals surface area contributed by atoms with Gasteiger partial charge in [-0.3, -0.25) is 0 Å². The van der Waals surface area contributed by atoms with Crippen LogP contribution in [0.2, 0.25) is 0 Å². The van der Waals surface area contributed by atoms with Crippen LogP contribution in [0.5, 0.6) is 0 Å². The minimum Gasteiger partial charge on any atom is -0.371 e. The summed E-state index contributed by atoms with van der Waals surface area (Å²) in [7, 11) is 0. The van der Waals surface area contributed by atoms with Gasteiger partial charge in [0.2, 0.25) is 0 Å². The zero-order valence-corrected chi connectivity index (χ0v) is 12.7. The first-order chi connectivity index (χ1) is 9.12. The standard InChI is InChI=1S/C16H27FN2/c1-5-13(4)12-19(7-3)16-9-8-15(17)10-14(16)11-18-6-2/h8-10,13,18H,5-7,11-12H2,1-4H3. The van der Waals surface area contributed by atoms with Crippen molar-refractivity contribution < 1.29 is 4.39 Å². The summed E-state index contributed by atoms with van der Waals surface area (Å²) in [5.74, 6) is 0.494. The summed E-state index contributed by atoms with van der Waals surface area (Å²) in [6.45, 7) is 12.3. The molecule has 0 saturated carbocycles. The van der Waals surface area contributed by atoms with Crippen molar-refractivity contribution in [3.8, 4) is 0 Å². The molecule has 0 aliphatic carbocycles. The van der Waals surface area contributed by atoms with Crippen molar-refractivity contribution in [2.45, 2.75) is 40.7 Å². The van der Waals surface area contributed by atoms with Crippen LogP contribution < -0.4 is 10.2 Å². The van der Waals surface area contributed by atoms with E-state index >= 15 is 0 Å². The second-order valence-corrected chi connectivity index (χ2v) is 5.11. The van der Waals surface area contributed by atoms with Gasteiger partial charge in [-0.05, 0) is 43.1 Å². The summed E-state index contributed by atoms with van der Waals surface area (Å²) >= 11 is 0. The highest BCUT2D eigenvalue weighted by Crippen LogP contribution is 2.23. The molecule has 108 valence electrons. The minimum atomic E-state index is -0.156. The van der Waals surface area contributed by atoms with Crippen molar-refractivity contribution in [2.24, 2.45) is 5.92 Å². The van der Waals surface area contributed by atoms with Crippen molar-refractivity contribution in [3.63, 3.8) is 0 Å². The lowest BCUT2D eigenvalue weighted by atomic mass is 10.1. The molecular formula is C16H27FN2. The fourth-order valence-electron chi connectivity index (χ4n) is 2.17.